The zero-order chi connectivity index (χ0) is 10.1. The van der Waals surface area contributed by atoms with Crippen molar-refractivity contribution in [3.05, 3.63) is 60.3 Å². The minimum absolute atomic E-state index is 0.654. The lowest BCUT2D eigenvalue weighted by atomic mass is 9.81. The van der Waals surface area contributed by atoms with Gasteiger partial charge in [-0.05, 0) is 30.3 Å². The molecule has 0 aliphatic heterocycles. The molecule has 0 radical (unpaired) electrons. The highest BCUT2D eigenvalue weighted by Gasteiger charge is 2.25. The number of rotatable bonds is 0. The molecule has 3 atom stereocenters. The molecule has 76 valence electrons. The van der Waals surface area contributed by atoms with Crippen molar-refractivity contribution >= 4 is 0 Å². The van der Waals surface area contributed by atoms with Crippen LogP contribution in [-0.2, 0) is 0 Å². The Hall–Kier alpha value is -1.30. The van der Waals surface area contributed by atoms with E-state index in [1.165, 1.54) is 18.4 Å². The van der Waals surface area contributed by atoms with E-state index in [1.54, 1.807) is 0 Å². The minimum atomic E-state index is 0.654. The minimum Gasteiger partial charge on any atom is -0.0808 e. The van der Waals surface area contributed by atoms with E-state index in [0.29, 0.717) is 5.92 Å². The molecule has 0 nitrogen and oxygen atoms in total. The zero-order valence-electron chi connectivity index (χ0n) is 8.84. The van der Waals surface area contributed by atoms with Gasteiger partial charge in [0.15, 0.2) is 0 Å². The average molecular weight is 196 g/mol. The van der Waals surface area contributed by atoms with Crippen LogP contribution in [0.25, 0.3) is 0 Å². The highest BCUT2D eigenvalue weighted by molar-refractivity contribution is 5.35. The summed E-state index contributed by atoms with van der Waals surface area (Å²) in [5.74, 6) is 2.13. The van der Waals surface area contributed by atoms with Gasteiger partial charge in [0.05, 0.1) is 0 Å². The molecular weight excluding hydrogens is 180 g/mol. The van der Waals surface area contributed by atoms with Crippen molar-refractivity contribution in [2.75, 3.05) is 0 Å². The molecule has 0 fully saturated rings. The molecule has 0 aromatic heterocycles. The number of fused-ring (bicyclic) bond motifs is 2. The monoisotopic (exact) mass is 196 g/mol. The maximum atomic E-state index is 2.43. The summed E-state index contributed by atoms with van der Waals surface area (Å²) in [7, 11) is 0. The van der Waals surface area contributed by atoms with E-state index in [9.17, 15) is 0 Å². The lowest BCUT2D eigenvalue weighted by Gasteiger charge is -2.23. The topological polar surface area (TPSA) is 0 Å². The van der Waals surface area contributed by atoms with E-state index in [-0.39, 0.29) is 0 Å². The Balaban J connectivity index is 1.90. The van der Waals surface area contributed by atoms with Gasteiger partial charge < -0.3 is 0 Å². The van der Waals surface area contributed by atoms with E-state index in [0.717, 1.165) is 11.8 Å². The van der Waals surface area contributed by atoms with Gasteiger partial charge in [-0.25, -0.2) is 0 Å². The smallest absolute Gasteiger partial charge is 0.00237 e. The van der Waals surface area contributed by atoms with Crippen molar-refractivity contribution in [3.8, 4) is 0 Å². The summed E-state index contributed by atoms with van der Waals surface area (Å²) in [6.45, 7) is 0. The molecule has 0 N–H and O–H groups in total. The van der Waals surface area contributed by atoms with Gasteiger partial charge >= 0.3 is 0 Å². The summed E-state index contributed by atoms with van der Waals surface area (Å²) in [6, 6.07) is 0. The Bertz CT molecular complexity index is 390. The van der Waals surface area contributed by atoms with Crippen molar-refractivity contribution in [2.45, 2.75) is 12.8 Å². The molecule has 0 heterocycles. The van der Waals surface area contributed by atoms with Gasteiger partial charge in [0.25, 0.3) is 0 Å². The molecular formula is C15H16. The highest BCUT2D eigenvalue weighted by Crippen LogP contribution is 2.37. The molecule has 3 aliphatic carbocycles. The Labute approximate surface area is 91.4 Å². The molecule has 3 aliphatic rings. The maximum absolute atomic E-state index is 2.43. The molecule has 0 aromatic carbocycles. The van der Waals surface area contributed by atoms with E-state index >= 15 is 0 Å². The Morgan fingerprint density at radius 2 is 1.67 bits per heavy atom. The van der Waals surface area contributed by atoms with Crippen molar-refractivity contribution in [1.29, 1.82) is 0 Å². The predicted octanol–water partition coefficient (Wildman–Crippen LogP) is 3.81. The van der Waals surface area contributed by atoms with Gasteiger partial charge in [-0.15, -0.1) is 0 Å². The zero-order valence-corrected chi connectivity index (χ0v) is 8.84. The average Bonchev–Trinajstić information content (AvgIpc) is 2.48. The Morgan fingerprint density at radius 3 is 2.60 bits per heavy atom. The molecule has 0 bridgehead atoms. The van der Waals surface area contributed by atoms with E-state index in [4.69, 9.17) is 0 Å². The van der Waals surface area contributed by atoms with Crippen LogP contribution in [0, 0.1) is 17.8 Å². The largest absolute Gasteiger partial charge is 0.0808 e. The third-order valence-electron chi connectivity index (χ3n) is 3.70. The normalized spacial score (nSPS) is 36.8. The predicted molar refractivity (Wildman–Crippen MR) is 64.3 cm³/mol. The van der Waals surface area contributed by atoms with Crippen molar-refractivity contribution < 1.29 is 0 Å². The quantitative estimate of drug-likeness (QED) is 0.552. The summed E-state index contributed by atoms with van der Waals surface area (Å²) >= 11 is 0. The molecule has 15 heavy (non-hydrogen) atoms. The summed E-state index contributed by atoms with van der Waals surface area (Å²) < 4.78 is 0. The van der Waals surface area contributed by atoms with Gasteiger partial charge in [-0.1, -0.05) is 54.7 Å². The van der Waals surface area contributed by atoms with Crippen LogP contribution in [0.5, 0.6) is 0 Å². The second-order valence-corrected chi connectivity index (χ2v) is 4.62. The van der Waals surface area contributed by atoms with Gasteiger partial charge in [-0.3, -0.25) is 0 Å². The van der Waals surface area contributed by atoms with Crippen LogP contribution in [0.2, 0.25) is 0 Å². The van der Waals surface area contributed by atoms with E-state index in [2.05, 4.69) is 54.7 Å². The second-order valence-electron chi connectivity index (χ2n) is 4.62. The Kier molecular flexibility index (Phi) is 2.21. The maximum Gasteiger partial charge on any atom is 0.00237 e. The first-order chi connectivity index (χ1) is 7.43. The fourth-order valence-corrected chi connectivity index (χ4v) is 2.80. The first kappa shape index (κ1) is 8.96. The fraction of sp³-hybridized carbons (Fsp3) is 0.333. The van der Waals surface area contributed by atoms with Crippen LogP contribution >= 0.6 is 0 Å². The summed E-state index contributed by atoms with van der Waals surface area (Å²) in [5.41, 5.74) is 1.52. The first-order valence-electron chi connectivity index (χ1n) is 5.83. The molecule has 3 unspecified atom stereocenters. The third kappa shape index (κ3) is 1.65. The van der Waals surface area contributed by atoms with Crippen molar-refractivity contribution in [1.82, 2.24) is 0 Å². The van der Waals surface area contributed by atoms with Crippen LogP contribution < -0.4 is 0 Å². The molecule has 0 amide bonds. The summed E-state index contributed by atoms with van der Waals surface area (Å²) in [5, 5.41) is 0. The van der Waals surface area contributed by atoms with Crippen LogP contribution in [0.4, 0.5) is 0 Å². The van der Waals surface area contributed by atoms with Crippen LogP contribution in [0.1, 0.15) is 12.8 Å². The third-order valence-corrected chi connectivity index (χ3v) is 3.70. The molecule has 0 heteroatoms. The van der Waals surface area contributed by atoms with E-state index < -0.39 is 0 Å². The SMILES string of the molecule is C1=CC2=CCC3C=CC=CC3CC2C=C1. The van der Waals surface area contributed by atoms with Crippen LogP contribution in [0.3, 0.4) is 0 Å². The van der Waals surface area contributed by atoms with Crippen LogP contribution in [-0.4, -0.2) is 0 Å². The van der Waals surface area contributed by atoms with E-state index in [1.807, 2.05) is 0 Å². The molecule has 0 saturated carbocycles. The molecule has 0 saturated heterocycles. The highest BCUT2D eigenvalue weighted by atomic mass is 14.3. The van der Waals surface area contributed by atoms with Gasteiger partial charge in [0.2, 0.25) is 0 Å². The number of hydrogen-bond donors (Lipinski definition) is 0. The lowest BCUT2D eigenvalue weighted by Crippen LogP contribution is -2.14. The van der Waals surface area contributed by atoms with Gasteiger partial charge in [0.1, 0.15) is 0 Å². The van der Waals surface area contributed by atoms with Crippen molar-refractivity contribution in [3.63, 3.8) is 0 Å². The lowest BCUT2D eigenvalue weighted by molar-refractivity contribution is 0.429. The van der Waals surface area contributed by atoms with Crippen LogP contribution in [0.15, 0.2) is 60.3 Å². The molecule has 0 spiro atoms. The summed E-state index contributed by atoms with van der Waals surface area (Å²) in [6.07, 6.45) is 23.0. The standard InChI is InChI=1S/C15H16/c1-3-7-14-11-15-8-4-2-6-13(15)10-9-12(14)5-1/h1-9,13-15H,10-11H2. The number of allylic oxidation sites excluding steroid dienone is 10. The van der Waals surface area contributed by atoms with Crippen molar-refractivity contribution in [2.24, 2.45) is 17.8 Å². The molecule has 3 rings (SSSR count). The fourth-order valence-electron chi connectivity index (χ4n) is 2.80. The molecule has 0 aromatic rings. The first-order valence-corrected chi connectivity index (χ1v) is 5.83. The second kappa shape index (κ2) is 3.69. The van der Waals surface area contributed by atoms with Gasteiger partial charge in [-0.2, -0.15) is 0 Å². The van der Waals surface area contributed by atoms with Gasteiger partial charge in [0, 0.05) is 5.92 Å². The number of hydrogen-bond acceptors (Lipinski definition) is 0. The Morgan fingerprint density at radius 1 is 0.867 bits per heavy atom. The summed E-state index contributed by atoms with van der Waals surface area (Å²) in [4.78, 5) is 0.